The van der Waals surface area contributed by atoms with Crippen molar-refractivity contribution in [2.24, 2.45) is 11.8 Å². The minimum atomic E-state index is 0.239. The first-order chi connectivity index (χ1) is 7.15. The summed E-state index contributed by atoms with van der Waals surface area (Å²) in [5, 5.41) is 0. The number of nitrogens with two attached hydrogens (primary N) is 1. The Morgan fingerprint density at radius 2 is 1.93 bits per heavy atom. The molecule has 1 unspecified atom stereocenters. The van der Waals surface area contributed by atoms with E-state index in [1.54, 1.807) is 0 Å². The summed E-state index contributed by atoms with van der Waals surface area (Å²) in [5.41, 5.74) is 4.12. The molecule has 0 saturated carbocycles. The van der Waals surface area contributed by atoms with Gasteiger partial charge in [-0.15, -0.1) is 0 Å². The second-order valence-electron chi connectivity index (χ2n) is 4.21. The molecule has 0 amide bonds. The van der Waals surface area contributed by atoms with Gasteiger partial charge in [0, 0.05) is 10.5 Å². The molecule has 0 spiro atoms. The highest BCUT2D eigenvalue weighted by Gasteiger charge is 2.12. The molecule has 0 bridgehead atoms. The van der Waals surface area contributed by atoms with E-state index in [-0.39, 0.29) is 6.04 Å². The van der Waals surface area contributed by atoms with Crippen LogP contribution in [0.15, 0.2) is 28.7 Å². The Hall–Kier alpha value is -0.380. The molecule has 0 saturated heterocycles. The molecule has 0 aliphatic rings. The van der Waals surface area contributed by atoms with Gasteiger partial charge >= 0.3 is 0 Å². The van der Waals surface area contributed by atoms with Crippen LogP contribution in [0.4, 0.5) is 0 Å². The van der Waals surface area contributed by atoms with Crippen molar-refractivity contribution < 1.29 is 0 Å². The quantitative estimate of drug-likeness (QED) is 0.636. The molecule has 1 rings (SSSR count). The van der Waals surface area contributed by atoms with Crippen molar-refractivity contribution in [1.29, 1.82) is 0 Å². The molecule has 0 heterocycles. The van der Waals surface area contributed by atoms with Gasteiger partial charge in [-0.2, -0.15) is 0 Å². The normalized spacial score (nSPS) is 13.1. The molecule has 0 radical (unpaired) electrons. The van der Waals surface area contributed by atoms with Crippen LogP contribution in [-0.4, -0.2) is 0 Å². The fourth-order valence-corrected chi connectivity index (χ4v) is 2.15. The highest BCUT2D eigenvalue weighted by Crippen LogP contribution is 2.26. The first-order valence-electron chi connectivity index (χ1n) is 5.35. The van der Waals surface area contributed by atoms with E-state index in [2.05, 4.69) is 47.3 Å². The summed E-state index contributed by atoms with van der Waals surface area (Å²) in [6.45, 7) is 4.46. The van der Waals surface area contributed by atoms with E-state index >= 15 is 0 Å². The zero-order valence-corrected chi connectivity index (χ0v) is 10.9. The number of hydrogen-bond donors (Lipinski definition) is 2. The molecule has 1 atom stereocenters. The van der Waals surface area contributed by atoms with E-state index in [0.717, 1.165) is 10.9 Å². The molecule has 3 heteroatoms. The van der Waals surface area contributed by atoms with Crippen molar-refractivity contribution in [1.82, 2.24) is 5.43 Å². The summed E-state index contributed by atoms with van der Waals surface area (Å²) in [7, 11) is 0. The highest BCUT2D eigenvalue weighted by atomic mass is 79.9. The second-order valence-corrected chi connectivity index (χ2v) is 5.07. The lowest BCUT2D eigenvalue weighted by molar-refractivity contribution is 0.447. The summed E-state index contributed by atoms with van der Waals surface area (Å²) in [6.07, 6.45) is 2.24. The van der Waals surface area contributed by atoms with E-state index in [1.807, 2.05) is 12.1 Å². The molecular formula is C12H19BrN2. The fourth-order valence-electron chi connectivity index (χ4n) is 1.59. The maximum absolute atomic E-state index is 5.59. The first-order valence-corrected chi connectivity index (χ1v) is 6.15. The SMILES string of the molecule is CC(C)CCC(NN)c1ccccc1Br. The van der Waals surface area contributed by atoms with Gasteiger partial charge in [0.2, 0.25) is 0 Å². The van der Waals surface area contributed by atoms with Crippen LogP contribution in [0, 0.1) is 5.92 Å². The van der Waals surface area contributed by atoms with Crippen LogP contribution < -0.4 is 11.3 Å². The van der Waals surface area contributed by atoms with Gasteiger partial charge in [-0.05, 0) is 30.4 Å². The largest absolute Gasteiger partial charge is 0.271 e. The van der Waals surface area contributed by atoms with Gasteiger partial charge in [0.05, 0.1) is 0 Å². The van der Waals surface area contributed by atoms with Gasteiger partial charge in [-0.3, -0.25) is 11.3 Å². The van der Waals surface area contributed by atoms with Crippen molar-refractivity contribution in [3.63, 3.8) is 0 Å². The first kappa shape index (κ1) is 12.7. The molecular weight excluding hydrogens is 252 g/mol. The summed E-state index contributed by atoms with van der Waals surface area (Å²) in [4.78, 5) is 0. The maximum Gasteiger partial charge on any atom is 0.0471 e. The van der Waals surface area contributed by atoms with Gasteiger partial charge < -0.3 is 0 Å². The molecule has 0 aliphatic heterocycles. The highest BCUT2D eigenvalue weighted by molar-refractivity contribution is 9.10. The number of hydrogen-bond acceptors (Lipinski definition) is 2. The minimum Gasteiger partial charge on any atom is -0.271 e. The molecule has 2 nitrogen and oxygen atoms in total. The summed E-state index contributed by atoms with van der Waals surface area (Å²) < 4.78 is 1.12. The zero-order chi connectivity index (χ0) is 11.3. The van der Waals surface area contributed by atoms with E-state index in [9.17, 15) is 0 Å². The Morgan fingerprint density at radius 1 is 1.27 bits per heavy atom. The molecule has 0 aliphatic carbocycles. The van der Waals surface area contributed by atoms with Crippen molar-refractivity contribution >= 4 is 15.9 Å². The van der Waals surface area contributed by atoms with Crippen LogP contribution in [0.25, 0.3) is 0 Å². The third-order valence-corrected chi connectivity index (χ3v) is 3.24. The van der Waals surface area contributed by atoms with Gasteiger partial charge in [0.1, 0.15) is 0 Å². The lowest BCUT2D eigenvalue weighted by atomic mass is 9.98. The summed E-state index contributed by atoms with van der Waals surface area (Å²) in [6, 6.07) is 8.45. The molecule has 84 valence electrons. The molecule has 0 aromatic heterocycles. The Labute approximate surface area is 100 Å². The minimum absolute atomic E-state index is 0.239. The van der Waals surface area contributed by atoms with E-state index < -0.39 is 0 Å². The van der Waals surface area contributed by atoms with Crippen LogP contribution >= 0.6 is 15.9 Å². The monoisotopic (exact) mass is 270 g/mol. The average Bonchev–Trinajstić information content (AvgIpc) is 2.21. The van der Waals surface area contributed by atoms with Crippen LogP contribution in [0.3, 0.4) is 0 Å². The lowest BCUT2D eigenvalue weighted by Gasteiger charge is -2.18. The van der Waals surface area contributed by atoms with E-state index in [0.29, 0.717) is 5.92 Å². The van der Waals surface area contributed by atoms with Gasteiger partial charge in [0.25, 0.3) is 0 Å². The summed E-state index contributed by atoms with van der Waals surface area (Å²) >= 11 is 3.55. The van der Waals surface area contributed by atoms with E-state index in [4.69, 9.17) is 5.84 Å². The number of hydrazine groups is 1. The molecule has 1 aromatic rings. The van der Waals surface area contributed by atoms with Crippen molar-refractivity contribution in [2.45, 2.75) is 32.7 Å². The van der Waals surface area contributed by atoms with Crippen molar-refractivity contribution in [3.05, 3.63) is 34.3 Å². The number of benzene rings is 1. The Bertz CT molecular complexity index is 299. The Balaban J connectivity index is 2.70. The predicted octanol–water partition coefficient (Wildman–Crippen LogP) is 3.39. The van der Waals surface area contributed by atoms with E-state index in [1.165, 1.54) is 12.0 Å². The van der Waals surface area contributed by atoms with Crippen molar-refractivity contribution in [2.75, 3.05) is 0 Å². The number of nitrogens with one attached hydrogen (secondary N) is 1. The van der Waals surface area contributed by atoms with Crippen LogP contribution in [-0.2, 0) is 0 Å². The van der Waals surface area contributed by atoms with Crippen LogP contribution in [0.2, 0.25) is 0 Å². The fraction of sp³-hybridized carbons (Fsp3) is 0.500. The van der Waals surface area contributed by atoms with Gasteiger partial charge in [-0.25, -0.2) is 0 Å². The third-order valence-electron chi connectivity index (χ3n) is 2.51. The molecule has 1 aromatic carbocycles. The second kappa shape index (κ2) is 6.26. The maximum atomic E-state index is 5.59. The van der Waals surface area contributed by atoms with Gasteiger partial charge in [-0.1, -0.05) is 48.0 Å². The average molecular weight is 271 g/mol. The smallest absolute Gasteiger partial charge is 0.0471 e. The predicted molar refractivity (Wildman–Crippen MR) is 68.3 cm³/mol. The molecule has 15 heavy (non-hydrogen) atoms. The standard InChI is InChI=1S/C12H19BrN2/c1-9(2)7-8-12(15-14)10-5-3-4-6-11(10)13/h3-6,9,12,15H,7-8,14H2,1-2H3. The summed E-state index contributed by atoms with van der Waals surface area (Å²) in [5.74, 6) is 6.30. The van der Waals surface area contributed by atoms with Crippen molar-refractivity contribution in [3.8, 4) is 0 Å². The number of rotatable bonds is 5. The third kappa shape index (κ3) is 3.93. The molecule has 3 N–H and O–H groups in total. The topological polar surface area (TPSA) is 38.0 Å². The van der Waals surface area contributed by atoms with Crippen LogP contribution in [0.5, 0.6) is 0 Å². The zero-order valence-electron chi connectivity index (χ0n) is 9.33. The lowest BCUT2D eigenvalue weighted by Crippen LogP contribution is -2.28. The van der Waals surface area contributed by atoms with Gasteiger partial charge in [0.15, 0.2) is 0 Å². The van der Waals surface area contributed by atoms with Crippen LogP contribution in [0.1, 0.15) is 38.3 Å². The number of halogens is 1. The Morgan fingerprint density at radius 3 is 2.47 bits per heavy atom. The molecule has 0 fully saturated rings. The Kier molecular flexibility index (Phi) is 5.29.